The van der Waals surface area contributed by atoms with Crippen LogP contribution in [0.15, 0.2) is 42.6 Å². The Morgan fingerprint density at radius 3 is 2.82 bits per heavy atom. The number of pyridine rings is 1. The number of hydrogen-bond donors (Lipinski definition) is 1. The van der Waals surface area contributed by atoms with Gasteiger partial charge in [-0.05, 0) is 29.8 Å². The first kappa shape index (κ1) is 11.7. The van der Waals surface area contributed by atoms with Gasteiger partial charge in [-0.2, -0.15) is 0 Å². The van der Waals surface area contributed by atoms with Crippen molar-refractivity contribution < 1.29 is 4.39 Å². The zero-order chi connectivity index (χ0) is 12.3. The molecular weight excluding hydrogens is 235 g/mol. The molecule has 0 saturated carbocycles. The molecule has 86 valence electrons. The topological polar surface area (TPSA) is 38.9 Å². The lowest BCUT2D eigenvalue weighted by Crippen LogP contribution is -2.10. The molecule has 0 aliphatic carbocycles. The van der Waals surface area contributed by atoms with Gasteiger partial charge >= 0.3 is 0 Å². The number of aromatic nitrogens is 1. The molecule has 1 heterocycles. The highest BCUT2D eigenvalue weighted by Crippen LogP contribution is 2.10. The van der Waals surface area contributed by atoms with Crippen LogP contribution in [-0.4, -0.2) is 9.97 Å². The van der Waals surface area contributed by atoms with Gasteiger partial charge in [-0.3, -0.25) is 4.98 Å². The molecule has 1 aromatic carbocycles. The standard InChI is InChI=1S/C13H11FN2S/c14-11-3-1-2-9(6-11)7-12-8-10(13(15)17)4-5-16-12/h1-6,8H,7H2,(H2,15,17). The van der Waals surface area contributed by atoms with Crippen molar-refractivity contribution in [3.63, 3.8) is 0 Å². The number of benzene rings is 1. The van der Waals surface area contributed by atoms with Gasteiger partial charge in [-0.25, -0.2) is 4.39 Å². The highest BCUT2D eigenvalue weighted by atomic mass is 32.1. The molecule has 4 heteroatoms. The Morgan fingerprint density at radius 2 is 2.12 bits per heavy atom. The van der Waals surface area contributed by atoms with Crippen LogP contribution in [0.5, 0.6) is 0 Å². The normalized spacial score (nSPS) is 10.2. The van der Waals surface area contributed by atoms with Crippen molar-refractivity contribution in [1.29, 1.82) is 0 Å². The Labute approximate surface area is 104 Å². The smallest absolute Gasteiger partial charge is 0.123 e. The molecule has 0 aliphatic rings. The summed E-state index contributed by atoms with van der Waals surface area (Å²) in [5.74, 6) is -0.243. The summed E-state index contributed by atoms with van der Waals surface area (Å²) in [5, 5.41) is 0. The first-order valence-corrected chi connectivity index (χ1v) is 5.55. The van der Waals surface area contributed by atoms with Crippen LogP contribution in [0.4, 0.5) is 4.39 Å². The molecule has 0 saturated heterocycles. The number of rotatable bonds is 3. The monoisotopic (exact) mass is 246 g/mol. The fourth-order valence-electron chi connectivity index (χ4n) is 1.58. The fourth-order valence-corrected chi connectivity index (χ4v) is 1.71. The maximum absolute atomic E-state index is 13.0. The second-order valence-corrected chi connectivity index (χ2v) is 4.15. The molecule has 0 fully saturated rings. The molecule has 0 radical (unpaired) electrons. The SMILES string of the molecule is NC(=S)c1ccnc(Cc2cccc(F)c2)c1. The highest BCUT2D eigenvalue weighted by molar-refractivity contribution is 7.80. The maximum atomic E-state index is 13.0. The summed E-state index contributed by atoms with van der Waals surface area (Å²) in [7, 11) is 0. The second-order valence-electron chi connectivity index (χ2n) is 3.71. The van der Waals surface area contributed by atoms with Crippen LogP contribution in [0, 0.1) is 5.82 Å². The summed E-state index contributed by atoms with van der Waals surface area (Å²) in [5.41, 5.74) is 8.02. The van der Waals surface area contributed by atoms with Gasteiger partial charge in [-0.1, -0.05) is 24.4 Å². The van der Waals surface area contributed by atoms with Crippen molar-refractivity contribution in [2.45, 2.75) is 6.42 Å². The third-order valence-corrected chi connectivity index (χ3v) is 2.61. The van der Waals surface area contributed by atoms with Gasteiger partial charge in [0.15, 0.2) is 0 Å². The van der Waals surface area contributed by atoms with Crippen molar-refractivity contribution >= 4 is 17.2 Å². The summed E-state index contributed by atoms with van der Waals surface area (Å²) in [6.07, 6.45) is 2.22. The van der Waals surface area contributed by atoms with E-state index in [-0.39, 0.29) is 5.82 Å². The van der Waals surface area contributed by atoms with E-state index in [1.54, 1.807) is 18.3 Å². The van der Waals surface area contributed by atoms with E-state index in [0.717, 1.165) is 16.8 Å². The van der Waals surface area contributed by atoms with Crippen LogP contribution < -0.4 is 5.73 Å². The van der Waals surface area contributed by atoms with E-state index < -0.39 is 0 Å². The molecular formula is C13H11FN2S. The number of halogens is 1. The Morgan fingerprint density at radius 1 is 1.29 bits per heavy atom. The van der Waals surface area contributed by atoms with Crippen LogP contribution >= 0.6 is 12.2 Å². The van der Waals surface area contributed by atoms with Crippen LogP contribution in [0.2, 0.25) is 0 Å². The molecule has 2 aromatic rings. The molecule has 0 atom stereocenters. The van der Waals surface area contributed by atoms with Gasteiger partial charge < -0.3 is 5.73 Å². The maximum Gasteiger partial charge on any atom is 0.123 e. The molecule has 2 N–H and O–H groups in total. The van der Waals surface area contributed by atoms with Gasteiger partial charge in [0, 0.05) is 23.9 Å². The summed E-state index contributed by atoms with van der Waals surface area (Å²) in [4.78, 5) is 4.55. The van der Waals surface area contributed by atoms with Crippen LogP contribution in [-0.2, 0) is 6.42 Å². The zero-order valence-corrected chi connectivity index (χ0v) is 9.88. The van der Waals surface area contributed by atoms with E-state index in [1.165, 1.54) is 12.1 Å². The summed E-state index contributed by atoms with van der Waals surface area (Å²) < 4.78 is 13.0. The molecule has 17 heavy (non-hydrogen) atoms. The van der Waals surface area contributed by atoms with Crippen LogP contribution in [0.3, 0.4) is 0 Å². The lowest BCUT2D eigenvalue weighted by Gasteiger charge is -2.03. The molecule has 0 spiro atoms. The first-order chi connectivity index (χ1) is 8.15. The van der Waals surface area contributed by atoms with Gasteiger partial charge in [0.05, 0.1) is 0 Å². The summed E-state index contributed by atoms with van der Waals surface area (Å²) in [6, 6.07) is 10.0. The fraction of sp³-hybridized carbons (Fsp3) is 0.0769. The average Bonchev–Trinajstić information content (AvgIpc) is 2.29. The van der Waals surface area contributed by atoms with Gasteiger partial charge in [-0.15, -0.1) is 0 Å². The van der Waals surface area contributed by atoms with E-state index in [2.05, 4.69) is 4.98 Å². The lowest BCUT2D eigenvalue weighted by molar-refractivity contribution is 0.626. The minimum absolute atomic E-state index is 0.243. The number of nitrogens with zero attached hydrogens (tertiary/aromatic N) is 1. The second kappa shape index (κ2) is 5.01. The minimum atomic E-state index is -0.243. The van der Waals surface area contributed by atoms with Crippen LogP contribution in [0.1, 0.15) is 16.8 Å². The average molecular weight is 246 g/mol. The largest absolute Gasteiger partial charge is 0.389 e. The van der Waals surface area contributed by atoms with Crippen molar-refractivity contribution in [2.24, 2.45) is 5.73 Å². The first-order valence-electron chi connectivity index (χ1n) is 5.14. The van der Waals surface area contributed by atoms with Crippen molar-refractivity contribution in [3.05, 3.63) is 65.2 Å². The van der Waals surface area contributed by atoms with Crippen molar-refractivity contribution in [3.8, 4) is 0 Å². The van der Waals surface area contributed by atoms with Crippen LogP contribution in [0.25, 0.3) is 0 Å². The Hall–Kier alpha value is -1.81. The molecule has 0 unspecified atom stereocenters. The molecule has 1 aromatic heterocycles. The molecule has 0 amide bonds. The summed E-state index contributed by atoms with van der Waals surface area (Å²) >= 11 is 4.90. The Kier molecular flexibility index (Phi) is 3.44. The predicted molar refractivity (Wildman–Crippen MR) is 69.3 cm³/mol. The van der Waals surface area contributed by atoms with E-state index >= 15 is 0 Å². The lowest BCUT2D eigenvalue weighted by atomic mass is 10.1. The molecule has 2 nitrogen and oxygen atoms in total. The number of thiocarbonyl (C=S) groups is 1. The van der Waals surface area contributed by atoms with E-state index in [1.807, 2.05) is 12.1 Å². The Balaban J connectivity index is 2.24. The van der Waals surface area contributed by atoms with E-state index in [0.29, 0.717) is 11.4 Å². The quantitative estimate of drug-likeness (QED) is 0.845. The summed E-state index contributed by atoms with van der Waals surface area (Å²) in [6.45, 7) is 0. The zero-order valence-electron chi connectivity index (χ0n) is 9.06. The third-order valence-electron chi connectivity index (χ3n) is 2.38. The number of nitrogens with two attached hydrogens (primary N) is 1. The third kappa shape index (κ3) is 3.07. The predicted octanol–water partition coefficient (Wildman–Crippen LogP) is 2.45. The van der Waals surface area contributed by atoms with Gasteiger partial charge in [0.2, 0.25) is 0 Å². The van der Waals surface area contributed by atoms with Gasteiger partial charge in [0.25, 0.3) is 0 Å². The van der Waals surface area contributed by atoms with Gasteiger partial charge in [0.1, 0.15) is 10.8 Å². The molecule has 0 aliphatic heterocycles. The minimum Gasteiger partial charge on any atom is -0.389 e. The number of hydrogen-bond acceptors (Lipinski definition) is 2. The van der Waals surface area contributed by atoms with E-state index in [9.17, 15) is 4.39 Å². The Bertz CT molecular complexity index is 555. The van der Waals surface area contributed by atoms with Crippen molar-refractivity contribution in [2.75, 3.05) is 0 Å². The van der Waals surface area contributed by atoms with E-state index in [4.69, 9.17) is 18.0 Å². The molecule has 0 bridgehead atoms. The molecule has 2 rings (SSSR count). The van der Waals surface area contributed by atoms with Crippen molar-refractivity contribution in [1.82, 2.24) is 4.98 Å². The highest BCUT2D eigenvalue weighted by Gasteiger charge is 2.02.